The van der Waals surface area contributed by atoms with E-state index in [0.717, 1.165) is 31.4 Å². The average molecular weight is 266 g/mol. The van der Waals surface area contributed by atoms with E-state index in [9.17, 15) is 9.59 Å². The van der Waals surface area contributed by atoms with Gasteiger partial charge in [-0.2, -0.15) is 0 Å². The lowest BCUT2D eigenvalue weighted by atomic mass is 9.95. The molecule has 1 rings (SSSR count). The van der Waals surface area contributed by atoms with Gasteiger partial charge in [-0.15, -0.1) is 0 Å². The van der Waals surface area contributed by atoms with Crippen molar-refractivity contribution in [3.63, 3.8) is 0 Å². The predicted molar refractivity (Wildman–Crippen MR) is 72.8 cm³/mol. The summed E-state index contributed by atoms with van der Waals surface area (Å²) in [4.78, 5) is 21.8. The van der Waals surface area contributed by atoms with Gasteiger partial charge in [-0.1, -0.05) is 19.1 Å². The Morgan fingerprint density at radius 2 is 2.26 bits per heavy atom. The van der Waals surface area contributed by atoms with Crippen LogP contribution in [0.5, 0.6) is 0 Å². The molecule has 1 atom stereocenters. The zero-order valence-corrected chi connectivity index (χ0v) is 11.6. The molecule has 1 amide bonds. The van der Waals surface area contributed by atoms with Crippen molar-refractivity contribution in [2.24, 2.45) is 5.92 Å². The Hall–Kier alpha value is -1.78. The summed E-state index contributed by atoms with van der Waals surface area (Å²) in [5, 5.41) is 0. The van der Waals surface area contributed by atoms with Crippen LogP contribution in [0.15, 0.2) is 23.4 Å². The highest BCUT2D eigenvalue weighted by atomic mass is 16.5. The molecular weight excluding hydrogens is 244 g/mol. The van der Waals surface area contributed by atoms with E-state index in [2.05, 4.69) is 29.9 Å². The average Bonchev–Trinajstić information content (AvgIpc) is 2.79. The number of carbonyl (C=O) groups excluding carboxylic acids is 2. The number of carbonyl (C=O) groups is 2. The van der Waals surface area contributed by atoms with E-state index in [1.54, 1.807) is 0 Å². The largest absolute Gasteiger partial charge is 0.469 e. The normalized spacial score (nSPS) is 18.7. The standard InChI is InChI=1S/C14H22N2O3/c1-3-4-5-6-12-11(9-14(18)19-2)7-8-13(12)16-15-10-17/h4-5,10-11,16H,3,6-9H2,1-2H3,(H,15,17). The molecule has 1 unspecified atom stereocenters. The first-order chi connectivity index (χ1) is 9.22. The summed E-state index contributed by atoms with van der Waals surface area (Å²) in [6.45, 7) is 2.08. The predicted octanol–water partition coefficient (Wildman–Crippen LogP) is 1.82. The van der Waals surface area contributed by atoms with Crippen LogP contribution in [0.25, 0.3) is 0 Å². The van der Waals surface area contributed by atoms with Gasteiger partial charge in [-0.3, -0.25) is 15.0 Å². The van der Waals surface area contributed by atoms with Gasteiger partial charge < -0.3 is 10.2 Å². The molecule has 0 bridgehead atoms. The van der Waals surface area contributed by atoms with E-state index >= 15 is 0 Å². The first kappa shape index (κ1) is 15.3. The van der Waals surface area contributed by atoms with Gasteiger partial charge in [0, 0.05) is 5.70 Å². The van der Waals surface area contributed by atoms with E-state index in [4.69, 9.17) is 4.74 Å². The molecule has 0 radical (unpaired) electrons. The van der Waals surface area contributed by atoms with Crippen LogP contribution in [-0.4, -0.2) is 19.5 Å². The van der Waals surface area contributed by atoms with Crippen molar-refractivity contribution in [2.75, 3.05) is 7.11 Å². The van der Waals surface area contributed by atoms with Crippen LogP contribution >= 0.6 is 0 Å². The van der Waals surface area contributed by atoms with E-state index in [-0.39, 0.29) is 11.9 Å². The first-order valence-corrected chi connectivity index (χ1v) is 6.61. The molecule has 0 saturated carbocycles. The zero-order chi connectivity index (χ0) is 14.1. The lowest BCUT2D eigenvalue weighted by molar-refractivity contribution is -0.141. The fourth-order valence-electron chi connectivity index (χ4n) is 2.34. The maximum absolute atomic E-state index is 11.4. The van der Waals surface area contributed by atoms with E-state index < -0.39 is 0 Å². The number of nitrogens with one attached hydrogen (secondary N) is 2. The van der Waals surface area contributed by atoms with E-state index in [0.29, 0.717) is 12.8 Å². The van der Waals surface area contributed by atoms with Gasteiger partial charge in [0.1, 0.15) is 0 Å². The summed E-state index contributed by atoms with van der Waals surface area (Å²) in [5.41, 5.74) is 7.58. The Labute approximate surface area is 114 Å². The van der Waals surface area contributed by atoms with Crippen LogP contribution in [0.3, 0.4) is 0 Å². The fourth-order valence-corrected chi connectivity index (χ4v) is 2.34. The summed E-state index contributed by atoms with van der Waals surface area (Å²) in [6.07, 6.45) is 8.77. The number of hydrogen-bond acceptors (Lipinski definition) is 4. The second-order valence-electron chi connectivity index (χ2n) is 4.49. The zero-order valence-electron chi connectivity index (χ0n) is 11.6. The third-order valence-electron chi connectivity index (χ3n) is 3.29. The fraction of sp³-hybridized carbons (Fsp3) is 0.571. The van der Waals surface area contributed by atoms with Gasteiger partial charge in [0.25, 0.3) is 0 Å². The summed E-state index contributed by atoms with van der Waals surface area (Å²) in [6, 6.07) is 0. The molecule has 5 heteroatoms. The monoisotopic (exact) mass is 266 g/mol. The first-order valence-electron chi connectivity index (χ1n) is 6.61. The van der Waals surface area contributed by atoms with E-state index in [1.807, 2.05) is 0 Å². The number of ether oxygens (including phenoxy) is 1. The highest BCUT2D eigenvalue weighted by Crippen LogP contribution is 2.35. The second-order valence-corrected chi connectivity index (χ2v) is 4.49. The summed E-state index contributed by atoms with van der Waals surface area (Å²) < 4.78 is 4.73. The van der Waals surface area contributed by atoms with Crippen LogP contribution in [-0.2, 0) is 14.3 Å². The SMILES string of the molecule is CCC=CCC1=C(NNC=O)CCC1CC(=O)OC. The molecule has 2 N–H and O–H groups in total. The molecule has 0 aromatic rings. The second kappa shape index (κ2) is 8.34. The molecule has 1 aliphatic carbocycles. The molecule has 1 aliphatic rings. The number of hydrogen-bond donors (Lipinski definition) is 2. The Balaban J connectivity index is 2.74. The van der Waals surface area contributed by atoms with Crippen LogP contribution in [0.4, 0.5) is 0 Å². The van der Waals surface area contributed by atoms with Gasteiger partial charge in [0.15, 0.2) is 0 Å². The maximum atomic E-state index is 11.4. The van der Waals surface area contributed by atoms with Crippen LogP contribution in [0, 0.1) is 5.92 Å². The molecule has 19 heavy (non-hydrogen) atoms. The Morgan fingerprint density at radius 1 is 1.47 bits per heavy atom. The number of esters is 1. The highest BCUT2D eigenvalue weighted by Gasteiger charge is 2.27. The number of allylic oxidation sites excluding steroid dienone is 4. The molecule has 0 aromatic heterocycles. The maximum Gasteiger partial charge on any atom is 0.306 e. The Kier molecular flexibility index (Phi) is 6.71. The van der Waals surface area contributed by atoms with Crippen LogP contribution < -0.4 is 10.9 Å². The summed E-state index contributed by atoms with van der Waals surface area (Å²) in [5.74, 6) is 0.0106. The molecular formula is C14H22N2O3. The molecule has 106 valence electrons. The molecule has 0 fully saturated rings. The molecule has 0 aliphatic heterocycles. The van der Waals surface area contributed by atoms with Gasteiger partial charge in [0.2, 0.25) is 6.41 Å². The minimum absolute atomic E-state index is 0.188. The van der Waals surface area contributed by atoms with Gasteiger partial charge >= 0.3 is 5.97 Å². The van der Waals surface area contributed by atoms with Crippen molar-refractivity contribution in [3.05, 3.63) is 23.4 Å². The number of rotatable bonds is 8. The molecule has 0 saturated heterocycles. The Morgan fingerprint density at radius 3 is 2.89 bits per heavy atom. The van der Waals surface area contributed by atoms with Crippen molar-refractivity contribution in [1.29, 1.82) is 0 Å². The summed E-state index contributed by atoms with van der Waals surface area (Å²) in [7, 11) is 1.41. The topological polar surface area (TPSA) is 67.4 Å². The van der Waals surface area contributed by atoms with Crippen molar-refractivity contribution < 1.29 is 14.3 Å². The lowest BCUT2D eigenvalue weighted by Crippen LogP contribution is -2.29. The quantitative estimate of drug-likeness (QED) is 0.304. The third-order valence-corrected chi connectivity index (χ3v) is 3.29. The van der Waals surface area contributed by atoms with Crippen LogP contribution in [0.2, 0.25) is 0 Å². The number of methoxy groups -OCH3 is 1. The molecule has 0 heterocycles. The van der Waals surface area contributed by atoms with Crippen molar-refractivity contribution in [3.8, 4) is 0 Å². The van der Waals surface area contributed by atoms with Crippen molar-refractivity contribution >= 4 is 12.4 Å². The van der Waals surface area contributed by atoms with E-state index in [1.165, 1.54) is 12.7 Å². The summed E-state index contributed by atoms with van der Waals surface area (Å²) >= 11 is 0. The molecule has 0 spiro atoms. The third kappa shape index (κ3) is 4.77. The molecule has 5 nitrogen and oxygen atoms in total. The van der Waals surface area contributed by atoms with Gasteiger partial charge in [-0.05, 0) is 37.2 Å². The molecule has 0 aromatic carbocycles. The van der Waals surface area contributed by atoms with Gasteiger partial charge in [-0.25, -0.2) is 0 Å². The minimum Gasteiger partial charge on any atom is -0.469 e. The smallest absolute Gasteiger partial charge is 0.306 e. The van der Waals surface area contributed by atoms with Crippen LogP contribution in [0.1, 0.15) is 39.0 Å². The minimum atomic E-state index is -0.188. The van der Waals surface area contributed by atoms with Crippen molar-refractivity contribution in [2.45, 2.75) is 39.0 Å². The highest BCUT2D eigenvalue weighted by molar-refractivity contribution is 5.70. The van der Waals surface area contributed by atoms with Gasteiger partial charge in [0.05, 0.1) is 13.5 Å². The Bertz CT molecular complexity index is 375. The number of hydrazine groups is 1. The number of amides is 1. The van der Waals surface area contributed by atoms with Crippen molar-refractivity contribution in [1.82, 2.24) is 10.9 Å². The lowest BCUT2D eigenvalue weighted by Gasteiger charge is -2.13.